The molecule has 0 aliphatic heterocycles. The monoisotopic (exact) mass is 375 g/mol. The standard InChI is InChI=1S/C22H21N3O3/c1-14-19(25-22(28-14)17-8-4-6-10-20(17)27-2)11-21(26)24-13-15-12-23-18-9-5-3-7-16(15)18/h3-10,12,23H,11,13H2,1-2H3,(H,24,26). The molecule has 2 N–H and O–H groups in total. The summed E-state index contributed by atoms with van der Waals surface area (Å²) >= 11 is 0. The summed E-state index contributed by atoms with van der Waals surface area (Å²) in [5.74, 6) is 1.66. The van der Waals surface area contributed by atoms with Crippen LogP contribution in [-0.2, 0) is 17.8 Å². The first-order valence-corrected chi connectivity index (χ1v) is 9.07. The van der Waals surface area contributed by atoms with E-state index in [-0.39, 0.29) is 12.3 Å². The number of rotatable bonds is 6. The van der Waals surface area contributed by atoms with Crippen LogP contribution in [0.4, 0.5) is 0 Å². The number of aryl methyl sites for hydroxylation is 1. The van der Waals surface area contributed by atoms with Crippen molar-refractivity contribution in [1.29, 1.82) is 0 Å². The Kier molecular flexibility index (Phi) is 4.85. The molecule has 6 nitrogen and oxygen atoms in total. The smallest absolute Gasteiger partial charge is 0.230 e. The van der Waals surface area contributed by atoms with E-state index in [0.717, 1.165) is 22.0 Å². The third-order valence-corrected chi connectivity index (χ3v) is 4.71. The zero-order valence-corrected chi connectivity index (χ0v) is 15.8. The Morgan fingerprint density at radius 1 is 1.18 bits per heavy atom. The molecule has 28 heavy (non-hydrogen) atoms. The van der Waals surface area contributed by atoms with E-state index in [9.17, 15) is 4.79 Å². The number of H-pyrrole nitrogens is 1. The van der Waals surface area contributed by atoms with Gasteiger partial charge in [-0.3, -0.25) is 4.79 Å². The van der Waals surface area contributed by atoms with Gasteiger partial charge in [0.2, 0.25) is 11.8 Å². The molecule has 0 fully saturated rings. The third-order valence-electron chi connectivity index (χ3n) is 4.71. The van der Waals surface area contributed by atoms with Gasteiger partial charge in [-0.05, 0) is 30.7 Å². The van der Waals surface area contributed by atoms with Crippen molar-refractivity contribution in [2.75, 3.05) is 7.11 Å². The Balaban J connectivity index is 1.45. The van der Waals surface area contributed by atoms with Crippen LogP contribution in [0.2, 0.25) is 0 Å². The number of carbonyl (C=O) groups excluding carboxylic acids is 1. The highest BCUT2D eigenvalue weighted by Gasteiger charge is 2.17. The van der Waals surface area contributed by atoms with E-state index in [2.05, 4.69) is 15.3 Å². The summed E-state index contributed by atoms with van der Waals surface area (Å²) in [5, 5.41) is 4.07. The van der Waals surface area contributed by atoms with Crippen molar-refractivity contribution in [3.63, 3.8) is 0 Å². The first-order chi connectivity index (χ1) is 13.7. The number of amides is 1. The number of aromatic amines is 1. The van der Waals surface area contributed by atoms with Gasteiger partial charge in [0, 0.05) is 23.6 Å². The summed E-state index contributed by atoms with van der Waals surface area (Å²) in [6.45, 7) is 2.27. The molecule has 0 aliphatic rings. The van der Waals surface area contributed by atoms with Crippen LogP contribution in [0, 0.1) is 6.92 Å². The number of methoxy groups -OCH3 is 1. The van der Waals surface area contributed by atoms with E-state index in [1.807, 2.05) is 61.7 Å². The summed E-state index contributed by atoms with van der Waals surface area (Å²) in [5.41, 5.74) is 3.49. The quantitative estimate of drug-likeness (QED) is 0.534. The van der Waals surface area contributed by atoms with Crippen LogP contribution in [-0.4, -0.2) is 23.0 Å². The van der Waals surface area contributed by atoms with Crippen molar-refractivity contribution in [1.82, 2.24) is 15.3 Å². The number of carbonyl (C=O) groups is 1. The lowest BCUT2D eigenvalue weighted by molar-refractivity contribution is -0.120. The molecule has 0 atom stereocenters. The molecule has 0 unspecified atom stereocenters. The van der Waals surface area contributed by atoms with Gasteiger partial charge in [0.25, 0.3) is 0 Å². The van der Waals surface area contributed by atoms with Gasteiger partial charge in [0.1, 0.15) is 11.5 Å². The minimum absolute atomic E-state index is 0.103. The maximum Gasteiger partial charge on any atom is 0.230 e. The molecule has 4 aromatic rings. The zero-order chi connectivity index (χ0) is 19.5. The third kappa shape index (κ3) is 3.49. The van der Waals surface area contributed by atoms with Crippen LogP contribution in [0.15, 0.2) is 59.1 Å². The Morgan fingerprint density at radius 2 is 1.96 bits per heavy atom. The number of benzene rings is 2. The number of aromatic nitrogens is 2. The van der Waals surface area contributed by atoms with E-state index >= 15 is 0 Å². The van der Waals surface area contributed by atoms with Crippen LogP contribution >= 0.6 is 0 Å². The first kappa shape index (κ1) is 17.9. The molecule has 0 radical (unpaired) electrons. The number of nitrogens with one attached hydrogen (secondary N) is 2. The summed E-state index contributed by atoms with van der Waals surface area (Å²) < 4.78 is 11.1. The van der Waals surface area contributed by atoms with Gasteiger partial charge in [-0.1, -0.05) is 30.3 Å². The second-order valence-electron chi connectivity index (χ2n) is 6.54. The van der Waals surface area contributed by atoms with Gasteiger partial charge in [0.05, 0.1) is 24.8 Å². The molecule has 2 aromatic heterocycles. The Bertz CT molecular complexity index is 1130. The topological polar surface area (TPSA) is 80.1 Å². The van der Waals surface area contributed by atoms with Crippen molar-refractivity contribution >= 4 is 16.8 Å². The largest absolute Gasteiger partial charge is 0.496 e. The summed E-state index contributed by atoms with van der Waals surface area (Å²) in [7, 11) is 1.60. The number of hydrogen-bond donors (Lipinski definition) is 2. The predicted molar refractivity (Wildman–Crippen MR) is 107 cm³/mol. The molecule has 2 aromatic carbocycles. The van der Waals surface area contributed by atoms with Crippen molar-refractivity contribution in [2.24, 2.45) is 0 Å². The highest BCUT2D eigenvalue weighted by atomic mass is 16.5. The van der Waals surface area contributed by atoms with Gasteiger partial charge in [0.15, 0.2) is 0 Å². The van der Waals surface area contributed by atoms with E-state index in [0.29, 0.717) is 29.6 Å². The molecule has 4 rings (SSSR count). The van der Waals surface area contributed by atoms with Crippen LogP contribution < -0.4 is 10.1 Å². The number of para-hydroxylation sites is 2. The van der Waals surface area contributed by atoms with Crippen molar-refractivity contribution in [3.8, 4) is 17.2 Å². The van der Waals surface area contributed by atoms with Gasteiger partial charge in [-0.2, -0.15) is 0 Å². The normalized spacial score (nSPS) is 10.9. The lowest BCUT2D eigenvalue weighted by Crippen LogP contribution is -2.24. The van der Waals surface area contributed by atoms with Gasteiger partial charge >= 0.3 is 0 Å². The molecule has 6 heteroatoms. The fraction of sp³-hybridized carbons (Fsp3) is 0.182. The molecule has 2 heterocycles. The first-order valence-electron chi connectivity index (χ1n) is 9.07. The highest BCUT2D eigenvalue weighted by Crippen LogP contribution is 2.30. The summed E-state index contributed by atoms with van der Waals surface area (Å²) in [6, 6.07) is 15.5. The van der Waals surface area contributed by atoms with Gasteiger partial charge in [-0.15, -0.1) is 0 Å². The number of ether oxygens (including phenoxy) is 1. The van der Waals surface area contributed by atoms with Gasteiger partial charge in [-0.25, -0.2) is 4.98 Å². The molecular weight excluding hydrogens is 354 g/mol. The Morgan fingerprint density at radius 3 is 2.82 bits per heavy atom. The predicted octanol–water partition coefficient (Wildman–Crippen LogP) is 4.00. The zero-order valence-electron chi connectivity index (χ0n) is 15.8. The number of nitrogens with zero attached hydrogens (tertiary/aromatic N) is 1. The van der Waals surface area contributed by atoms with E-state index < -0.39 is 0 Å². The molecule has 0 saturated heterocycles. The highest BCUT2D eigenvalue weighted by molar-refractivity contribution is 5.84. The summed E-state index contributed by atoms with van der Waals surface area (Å²) in [6.07, 6.45) is 2.08. The lowest BCUT2D eigenvalue weighted by atomic mass is 10.1. The van der Waals surface area contributed by atoms with Gasteiger partial charge < -0.3 is 19.5 Å². The fourth-order valence-corrected chi connectivity index (χ4v) is 3.21. The Hall–Kier alpha value is -3.54. The fourth-order valence-electron chi connectivity index (χ4n) is 3.21. The van der Waals surface area contributed by atoms with E-state index in [1.54, 1.807) is 7.11 Å². The van der Waals surface area contributed by atoms with Crippen molar-refractivity contribution in [3.05, 3.63) is 71.7 Å². The molecule has 0 spiro atoms. The molecular formula is C22H21N3O3. The molecule has 1 amide bonds. The minimum atomic E-state index is -0.103. The van der Waals surface area contributed by atoms with Crippen LogP contribution in [0.1, 0.15) is 17.0 Å². The van der Waals surface area contributed by atoms with E-state index in [1.165, 1.54) is 0 Å². The second kappa shape index (κ2) is 7.60. The minimum Gasteiger partial charge on any atom is -0.496 e. The lowest BCUT2D eigenvalue weighted by Gasteiger charge is -2.04. The van der Waals surface area contributed by atoms with Crippen LogP contribution in [0.3, 0.4) is 0 Å². The average molecular weight is 375 g/mol. The Labute approximate surface area is 162 Å². The SMILES string of the molecule is COc1ccccc1-c1nc(CC(=O)NCc2c[nH]c3ccccc23)c(C)o1. The second-order valence-corrected chi connectivity index (χ2v) is 6.54. The van der Waals surface area contributed by atoms with Crippen LogP contribution in [0.25, 0.3) is 22.4 Å². The average Bonchev–Trinajstić information content (AvgIpc) is 3.30. The molecule has 0 bridgehead atoms. The number of oxazole rings is 1. The van der Waals surface area contributed by atoms with E-state index in [4.69, 9.17) is 9.15 Å². The maximum absolute atomic E-state index is 12.4. The molecule has 0 aliphatic carbocycles. The maximum atomic E-state index is 12.4. The summed E-state index contributed by atoms with van der Waals surface area (Å²) in [4.78, 5) is 20.2. The van der Waals surface area contributed by atoms with Crippen molar-refractivity contribution in [2.45, 2.75) is 19.9 Å². The molecule has 0 saturated carbocycles. The van der Waals surface area contributed by atoms with Crippen molar-refractivity contribution < 1.29 is 13.9 Å². The number of fused-ring (bicyclic) bond motifs is 1. The van der Waals surface area contributed by atoms with Crippen LogP contribution in [0.5, 0.6) is 5.75 Å². The molecule has 142 valence electrons. The number of hydrogen-bond acceptors (Lipinski definition) is 4.